The summed E-state index contributed by atoms with van der Waals surface area (Å²) in [4.78, 5) is 12.3. The summed E-state index contributed by atoms with van der Waals surface area (Å²) in [7, 11) is 1.68. The summed E-state index contributed by atoms with van der Waals surface area (Å²) < 4.78 is 11.0. The molecule has 0 aliphatic carbocycles. The van der Waals surface area contributed by atoms with E-state index < -0.39 is 0 Å². The van der Waals surface area contributed by atoms with Gasteiger partial charge in [-0.25, -0.2) is 9.97 Å². The van der Waals surface area contributed by atoms with E-state index in [1.807, 2.05) is 49.4 Å². The normalized spacial score (nSPS) is 11.0. The number of para-hydroxylation sites is 1. The number of anilines is 1. The number of hydrogen-bond acceptors (Lipinski definition) is 5. The van der Waals surface area contributed by atoms with Gasteiger partial charge in [0.25, 0.3) is 0 Å². The van der Waals surface area contributed by atoms with Gasteiger partial charge in [0.1, 0.15) is 28.9 Å². The van der Waals surface area contributed by atoms with Gasteiger partial charge in [-0.1, -0.05) is 18.2 Å². The molecule has 0 unspecified atom stereocenters. The van der Waals surface area contributed by atoms with E-state index in [1.165, 1.54) is 0 Å². The minimum atomic E-state index is 0.607. The zero-order valence-corrected chi connectivity index (χ0v) is 14.7. The van der Waals surface area contributed by atoms with Gasteiger partial charge in [0.05, 0.1) is 13.7 Å². The van der Waals surface area contributed by atoms with Crippen LogP contribution in [0.2, 0.25) is 0 Å². The van der Waals surface area contributed by atoms with Gasteiger partial charge in [-0.15, -0.1) is 0 Å². The van der Waals surface area contributed by atoms with Gasteiger partial charge < -0.3 is 19.8 Å². The van der Waals surface area contributed by atoms with E-state index in [0.717, 1.165) is 44.8 Å². The van der Waals surface area contributed by atoms with E-state index in [9.17, 15) is 0 Å². The molecule has 6 heteroatoms. The van der Waals surface area contributed by atoms with Crippen molar-refractivity contribution < 1.29 is 9.47 Å². The topological polar surface area (TPSA) is 72.1 Å². The lowest BCUT2D eigenvalue weighted by Gasteiger charge is -2.10. The molecule has 0 fully saturated rings. The summed E-state index contributed by atoms with van der Waals surface area (Å²) >= 11 is 0. The van der Waals surface area contributed by atoms with Gasteiger partial charge in [0.15, 0.2) is 5.82 Å². The largest absolute Gasteiger partial charge is 0.496 e. The van der Waals surface area contributed by atoms with Gasteiger partial charge in [-0.2, -0.15) is 0 Å². The number of nitrogens with one attached hydrogen (secondary N) is 2. The third-order valence-electron chi connectivity index (χ3n) is 4.30. The van der Waals surface area contributed by atoms with E-state index in [1.54, 1.807) is 13.4 Å². The van der Waals surface area contributed by atoms with E-state index in [4.69, 9.17) is 9.47 Å². The van der Waals surface area contributed by atoms with Gasteiger partial charge in [-0.05, 0) is 31.2 Å². The number of fused-ring (bicyclic) bond motifs is 3. The summed E-state index contributed by atoms with van der Waals surface area (Å²) in [5.41, 5.74) is 3.82. The fourth-order valence-electron chi connectivity index (χ4n) is 3.09. The van der Waals surface area contributed by atoms with Crippen LogP contribution in [0.3, 0.4) is 0 Å². The molecule has 0 amide bonds. The van der Waals surface area contributed by atoms with E-state index in [-0.39, 0.29) is 0 Å². The molecule has 4 rings (SSSR count). The summed E-state index contributed by atoms with van der Waals surface area (Å²) in [5.74, 6) is 2.45. The molecule has 0 saturated heterocycles. The number of aromatic nitrogens is 3. The van der Waals surface area contributed by atoms with Crippen LogP contribution in [0.5, 0.6) is 11.5 Å². The van der Waals surface area contributed by atoms with Crippen molar-refractivity contribution in [1.29, 1.82) is 0 Å². The Kier molecular flexibility index (Phi) is 4.31. The van der Waals surface area contributed by atoms with Crippen LogP contribution in [0.25, 0.3) is 21.9 Å². The quantitative estimate of drug-likeness (QED) is 0.548. The second kappa shape index (κ2) is 6.92. The Morgan fingerprint density at radius 2 is 2.00 bits per heavy atom. The molecular weight excluding hydrogens is 328 g/mol. The Balaban J connectivity index is 1.70. The molecule has 2 heterocycles. The van der Waals surface area contributed by atoms with Crippen LogP contribution in [0.1, 0.15) is 12.5 Å². The number of rotatable bonds is 6. The lowest BCUT2D eigenvalue weighted by molar-refractivity contribution is 0.341. The number of nitrogens with zero attached hydrogens (tertiary/aromatic N) is 2. The van der Waals surface area contributed by atoms with Crippen LogP contribution in [0.4, 0.5) is 5.82 Å². The van der Waals surface area contributed by atoms with Crippen molar-refractivity contribution in [3.8, 4) is 11.5 Å². The molecule has 0 radical (unpaired) electrons. The molecule has 0 bridgehead atoms. The average Bonchev–Trinajstić information content (AvgIpc) is 3.05. The molecule has 132 valence electrons. The van der Waals surface area contributed by atoms with Crippen LogP contribution >= 0.6 is 0 Å². The zero-order valence-electron chi connectivity index (χ0n) is 14.7. The van der Waals surface area contributed by atoms with Crippen molar-refractivity contribution in [3.05, 3.63) is 54.4 Å². The van der Waals surface area contributed by atoms with E-state index in [0.29, 0.717) is 13.2 Å². The molecule has 26 heavy (non-hydrogen) atoms. The lowest BCUT2D eigenvalue weighted by Crippen LogP contribution is -2.04. The first-order valence-electron chi connectivity index (χ1n) is 8.55. The monoisotopic (exact) mass is 348 g/mol. The highest BCUT2D eigenvalue weighted by molar-refractivity contribution is 6.08. The van der Waals surface area contributed by atoms with Crippen molar-refractivity contribution in [2.24, 2.45) is 0 Å². The summed E-state index contributed by atoms with van der Waals surface area (Å²) in [6.45, 7) is 3.21. The number of aromatic amines is 1. The van der Waals surface area contributed by atoms with Gasteiger partial charge in [0, 0.05) is 23.0 Å². The molecule has 0 aliphatic heterocycles. The van der Waals surface area contributed by atoms with Crippen molar-refractivity contribution in [3.63, 3.8) is 0 Å². The van der Waals surface area contributed by atoms with Crippen LogP contribution in [0.15, 0.2) is 48.8 Å². The van der Waals surface area contributed by atoms with Crippen LogP contribution in [-0.2, 0) is 6.54 Å². The third-order valence-corrected chi connectivity index (χ3v) is 4.30. The van der Waals surface area contributed by atoms with Gasteiger partial charge in [-0.3, -0.25) is 0 Å². The third kappa shape index (κ3) is 2.90. The highest BCUT2D eigenvalue weighted by Crippen LogP contribution is 2.30. The number of benzene rings is 2. The maximum Gasteiger partial charge on any atom is 0.154 e. The van der Waals surface area contributed by atoms with Gasteiger partial charge >= 0.3 is 0 Å². The highest BCUT2D eigenvalue weighted by Gasteiger charge is 2.12. The number of ether oxygens (including phenoxy) is 2. The molecule has 2 aromatic carbocycles. The Morgan fingerprint density at radius 1 is 1.12 bits per heavy atom. The first kappa shape index (κ1) is 16.2. The van der Waals surface area contributed by atoms with Crippen molar-refractivity contribution in [2.75, 3.05) is 19.0 Å². The Hall–Kier alpha value is -3.28. The average molecular weight is 348 g/mol. The highest BCUT2D eigenvalue weighted by atomic mass is 16.5. The standard InChI is InChI=1S/C20H20N4O2/c1-3-26-14-8-9-16-15(10-14)18-19(24-16)20(23-12-22-18)21-11-13-6-4-5-7-17(13)25-2/h4-10,12,24H,3,11H2,1-2H3,(H,21,22,23). The Morgan fingerprint density at radius 3 is 2.85 bits per heavy atom. The predicted octanol–water partition coefficient (Wildman–Crippen LogP) is 4.13. The second-order valence-electron chi connectivity index (χ2n) is 5.88. The van der Waals surface area contributed by atoms with Crippen LogP contribution < -0.4 is 14.8 Å². The molecule has 2 aromatic heterocycles. The van der Waals surface area contributed by atoms with Crippen molar-refractivity contribution in [2.45, 2.75) is 13.5 Å². The van der Waals surface area contributed by atoms with Gasteiger partial charge in [0.2, 0.25) is 0 Å². The smallest absolute Gasteiger partial charge is 0.154 e. The summed E-state index contributed by atoms with van der Waals surface area (Å²) in [6.07, 6.45) is 1.58. The first-order chi connectivity index (χ1) is 12.8. The zero-order chi connectivity index (χ0) is 17.9. The predicted molar refractivity (Wildman–Crippen MR) is 103 cm³/mol. The first-order valence-corrected chi connectivity index (χ1v) is 8.55. The summed E-state index contributed by atoms with van der Waals surface area (Å²) in [6, 6.07) is 13.9. The van der Waals surface area contributed by atoms with Crippen LogP contribution in [0, 0.1) is 0 Å². The molecule has 0 saturated carbocycles. The molecule has 0 spiro atoms. The Labute approximate surface area is 151 Å². The summed E-state index contributed by atoms with van der Waals surface area (Å²) in [5, 5.41) is 4.41. The SMILES string of the molecule is CCOc1ccc2[nH]c3c(NCc4ccccc4OC)ncnc3c2c1. The second-order valence-corrected chi connectivity index (χ2v) is 5.88. The van der Waals surface area contributed by atoms with Crippen molar-refractivity contribution in [1.82, 2.24) is 15.0 Å². The lowest BCUT2D eigenvalue weighted by atomic mass is 10.2. The molecular formula is C20H20N4O2. The van der Waals surface area contributed by atoms with E-state index in [2.05, 4.69) is 20.3 Å². The minimum absolute atomic E-state index is 0.607. The van der Waals surface area contributed by atoms with Crippen LogP contribution in [-0.4, -0.2) is 28.7 Å². The molecule has 6 nitrogen and oxygen atoms in total. The molecule has 0 atom stereocenters. The number of hydrogen-bond donors (Lipinski definition) is 2. The maximum absolute atomic E-state index is 5.61. The minimum Gasteiger partial charge on any atom is -0.496 e. The number of H-pyrrole nitrogens is 1. The van der Waals surface area contributed by atoms with E-state index >= 15 is 0 Å². The molecule has 4 aromatic rings. The Bertz CT molecular complexity index is 1060. The fraction of sp³-hybridized carbons (Fsp3) is 0.200. The number of methoxy groups -OCH3 is 1. The van der Waals surface area contributed by atoms with Crippen molar-refractivity contribution >= 4 is 27.8 Å². The maximum atomic E-state index is 5.61. The molecule has 0 aliphatic rings. The fourth-order valence-corrected chi connectivity index (χ4v) is 3.09. The molecule has 2 N–H and O–H groups in total.